The topological polar surface area (TPSA) is 38.3 Å². The minimum atomic E-state index is 0.0911. The Hall–Kier alpha value is -2.29. The van der Waals surface area contributed by atoms with Gasteiger partial charge < -0.3 is 10.1 Å². The number of benzene rings is 2. The third kappa shape index (κ3) is 5.44. The van der Waals surface area contributed by atoms with Gasteiger partial charge in [-0.2, -0.15) is 0 Å². The van der Waals surface area contributed by atoms with Gasteiger partial charge in [0.1, 0.15) is 5.75 Å². The predicted molar refractivity (Wildman–Crippen MR) is 93.9 cm³/mol. The average molecular weight is 311 g/mol. The van der Waals surface area contributed by atoms with Crippen molar-refractivity contribution in [2.75, 3.05) is 13.7 Å². The predicted octanol–water partition coefficient (Wildman–Crippen LogP) is 3.60. The van der Waals surface area contributed by atoms with Crippen molar-refractivity contribution in [1.82, 2.24) is 5.32 Å². The van der Waals surface area contributed by atoms with Gasteiger partial charge in [0.15, 0.2) is 0 Å². The minimum absolute atomic E-state index is 0.0911. The van der Waals surface area contributed by atoms with Crippen LogP contribution in [0.5, 0.6) is 5.75 Å². The number of carbonyl (C=O) groups is 1. The third-order valence-corrected chi connectivity index (χ3v) is 3.98. The summed E-state index contributed by atoms with van der Waals surface area (Å²) in [7, 11) is 1.67. The van der Waals surface area contributed by atoms with Gasteiger partial charge in [0.2, 0.25) is 5.91 Å². The van der Waals surface area contributed by atoms with Crippen molar-refractivity contribution in [3.8, 4) is 5.75 Å². The summed E-state index contributed by atoms with van der Waals surface area (Å²) in [6, 6.07) is 14.3. The zero-order chi connectivity index (χ0) is 16.7. The molecule has 1 N–H and O–H groups in total. The highest BCUT2D eigenvalue weighted by Gasteiger charge is 2.06. The van der Waals surface area contributed by atoms with Crippen LogP contribution in [-0.4, -0.2) is 19.6 Å². The molecule has 3 nitrogen and oxygen atoms in total. The lowest BCUT2D eigenvalue weighted by molar-refractivity contribution is -0.120. The Bertz CT molecular complexity index is 647. The Balaban J connectivity index is 1.73. The number of amides is 1. The zero-order valence-corrected chi connectivity index (χ0v) is 14.2. The minimum Gasteiger partial charge on any atom is -0.497 e. The number of nitrogens with one attached hydrogen (secondary N) is 1. The van der Waals surface area contributed by atoms with Gasteiger partial charge in [0.25, 0.3) is 0 Å². The molecule has 0 aliphatic rings. The highest BCUT2D eigenvalue weighted by Crippen LogP contribution is 2.13. The van der Waals surface area contributed by atoms with Gasteiger partial charge >= 0.3 is 0 Å². The molecule has 0 unspecified atom stereocenters. The molecule has 2 aromatic rings. The zero-order valence-electron chi connectivity index (χ0n) is 14.2. The summed E-state index contributed by atoms with van der Waals surface area (Å²) in [4.78, 5) is 12.0. The molecule has 0 aromatic heterocycles. The van der Waals surface area contributed by atoms with Crippen molar-refractivity contribution in [1.29, 1.82) is 0 Å². The summed E-state index contributed by atoms with van der Waals surface area (Å²) >= 11 is 0. The average Bonchev–Trinajstić information content (AvgIpc) is 2.55. The molecule has 122 valence electrons. The van der Waals surface area contributed by atoms with Gasteiger partial charge in [0, 0.05) is 6.54 Å². The lowest BCUT2D eigenvalue weighted by atomic mass is 10.0. The van der Waals surface area contributed by atoms with E-state index in [4.69, 9.17) is 4.74 Å². The summed E-state index contributed by atoms with van der Waals surface area (Å²) in [5.74, 6) is 0.962. The number of hydrogen-bond donors (Lipinski definition) is 1. The lowest BCUT2D eigenvalue weighted by Gasteiger charge is -2.09. The molecule has 0 saturated heterocycles. The molecule has 0 heterocycles. The van der Waals surface area contributed by atoms with E-state index in [1.807, 2.05) is 19.1 Å². The fourth-order valence-electron chi connectivity index (χ4n) is 2.54. The second-order valence-electron chi connectivity index (χ2n) is 5.91. The van der Waals surface area contributed by atoms with E-state index >= 15 is 0 Å². The number of rotatable bonds is 7. The van der Waals surface area contributed by atoms with Crippen LogP contribution in [0, 0.1) is 13.8 Å². The highest BCUT2D eigenvalue weighted by molar-refractivity contribution is 5.78. The maximum Gasteiger partial charge on any atom is 0.224 e. The standard InChI is InChI=1S/C20H25NO2/c1-15-6-7-16(2)18(13-15)14-20(22)21-12-4-5-17-8-10-19(23-3)11-9-17/h6-11,13H,4-5,12,14H2,1-3H3,(H,21,22). The number of methoxy groups -OCH3 is 1. The van der Waals surface area contributed by atoms with Gasteiger partial charge in [-0.15, -0.1) is 0 Å². The Morgan fingerprint density at radius 1 is 1.09 bits per heavy atom. The molecule has 0 aliphatic carbocycles. The number of ether oxygens (including phenoxy) is 1. The molecular formula is C20H25NO2. The molecule has 0 bridgehead atoms. The van der Waals surface area contributed by atoms with Gasteiger partial charge in [-0.25, -0.2) is 0 Å². The van der Waals surface area contributed by atoms with E-state index in [0.29, 0.717) is 13.0 Å². The van der Waals surface area contributed by atoms with Gasteiger partial charge in [0.05, 0.1) is 13.5 Å². The van der Waals surface area contributed by atoms with E-state index < -0.39 is 0 Å². The SMILES string of the molecule is COc1ccc(CCCNC(=O)Cc2cc(C)ccc2C)cc1. The number of carbonyl (C=O) groups excluding carboxylic acids is 1. The summed E-state index contributed by atoms with van der Waals surface area (Å²) in [5.41, 5.74) is 4.73. The first-order chi connectivity index (χ1) is 11.1. The Kier molecular flexibility index (Phi) is 6.21. The van der Waals surface area contributed by atoms with Gasteiger partial charge in [-0.1, -0.05) is 35.9 Å². The normalized spacial score (nSPS) is 10.4. The van der Waals surface area contributed by atoms with Crippen LogP contribution in [-0.2, 0) is 17.6 Å². The summed E-state index contributed by atoms with van der Waals surface area (Å²) in [6.45, 7) is 4.80. The van der Waals surface area contributed by atoms with Crippen molar-refractivity contribution >= 4 is 5.91 Å². The molecule has 3 heteroatoms. The van der Waals surface area contributed by atoms with Crippen molar-refractivity contribution in [3.63, 3.8) is 0 Å². The van der Waals surface area contributed by atoms with Crippen LogP contribution < -0.4 is 10.1 Å². The summed E-state index contributed by atoms with van der Waals surface area (Å²) < 4.78 is 5.14. The van der Waals surface area contributed by atoms with Crippen LogP contribution >= 0.6 is 0 Å². The lowest BCUT2D eigenvalue weighted by Crippen LogP contribution is -2.26. The molecule has 0 atom stereocenters. The van der Waals surface area contributed by atoms with Crippen LogP contribution in [0.3, 0.4) is 0 Å². The van der Waals surface area contributed by atoms with Crippen LogP contribution in [0.25, 0.3) is 0 Å². The fraction of sp³-hybridized carbons (Fsp3) is 0.350. The number of hydrogen-bond acceptors (Lipinski definition) is 2. The van der Waals surface area contributed by atoms with Crippen LogP contribution in [0.4, 0.5) is 0 Å². The van der Waals surface area contributed by atoms with E-state index in [2.05, 4.69) is 42.6 Å². The molecular weight excluding hydrogens is 286 g/mol. The molecule has 0 aliphatic heterocycles. The molecule has 23 heavy (non-hydrogen) atoms. The molecule has 0 radical (unpaired) electrons. The van der Waals surface area contributed by atoms with E-state index in [-0.39, 0.29) is 5.91 Å². The van der Waals surface area contributed by atoms with Crippen molar-refractivity contribution in [2.24, 2.45) is 0 Å². The molecule has 0 saturated carbocycles. The monoisotopic (exact) mass is 311 g/mol. The van der Waals surface area contributed by atoms with E-state index in [1.54, 1.807) is 7.11 Å². The second kappa shape index (κ2) is 8.37. The smallest absolute Gasteiger partial charge is 0.224 e. The van der Waals surface area contributed by atoms with Crippen molar-refractivity contribution < 1.29 is 9.53 Å². The fourth-order valence-corrected chi connectivity index (χ4v) is 2.54. The van der Waals surface area contributed by atoms with Crippen molar-refractivity contribution in [2.45, 2.75) is 33.1 Å². The first-order valence-electron chi connectivity index (χ1n) is 8.04. The molecule has 2 rings (SSSR count). The Morgan fingerprint density at radius 3 is 2.52 bits per heavy atom. The van der Waals surface area contributed by atoms with Gasteiger partial charge in [-0.3, -0.25) is 4.79 Å². The van der Waals surface area contributed by atoms with Crippen LogP contribution in [0.15, 0.2) is 42.5 Å². The molecule has 0 fully saturated rings. The third-order valence-electron chi connectivity index (χ3n) is 3.98. The highest BCUT2D eigenvalue weighted by atomic mass is 16.5. The second-order valence-corrected chi connectivity index (χ2v) is 5.91. The summed E-state index contributed by atoms with van der Waals surface area (Å²) in [5, 5.41) is 3.01. The van der Waals surface area contributed by atoms with Crippen molar-refractivity contribution in [3.05, 3.63) is 64.7 Å². The van der Waals surface area contributed by atoms with Gasteiger partial charge in [-0.05, 0) is 55.5 Å². The van der Waals surface area contributed by atoms with E-state index in [1.165, 1.54) is 16.7 Å². The maximum absolute atomic E-state index is 12.0. The molecule has 0 spiro atoms. The van der Waals surface area contributed by atoms with E-state index in [0.717, 1.165) is 24.2 Å². The van der Waals surface area contributed by atoms with Crippen LogP contribution in [0.2, 0.25) is 0 Å². The maximum atomic E-state index is 12.0. The molecule has 1 amide bonds. The quantitative estimate of drug-likeness (QED) is 0.793. The summed E-state index contributed by atoms with van der Waals surface area (Å²) in [6.07, 6.45) is 2.34. The first-order valence-corrected chi connectivity index (χ1v) is 8.04. The van der Waals surface area contributed by atoms with Crippen LogP contribution in [0.1, 0.15) is 28.7 Å². The molecule has 2 aromatic carbocycles. The first kappa shape index (κ1) is 17.1. The Labute approximate surface area is 138 Å². The Morgan fingerprint density at radius 2 is 1.83 bits per heavy atom. The number of aryl methyl sites for hydroxylation is 3. The van der Waals surface area contributed by atoms with E-state index in [9.17, 15) is 4.79 Å². The largest absolute Gasteiger partial charge is 0.497 e.